The van der Waals surface area contributed by atoms with Crippen LogP contribution in [-0.2, 0) is 22.7 Å². The fourth-order valence-corrected chi connectivity index (χ4v) is 4.11. The van der Waals surface area contributed by atoms with Gasteiger partial charge in [0.15, 0.2) is 0 Å². The number of carbonyl (C=O) groups is 1. The zero-order valence-corrected chi connectivity index (χ0v) is 14.5. The Morgan fingerprint density at radius 1 is 1.26 bits per heavy atom. The summed E-state index contributed by atoms with van der Waals surface area (Å²) in [6.07, 6.45) is 3.50. The zero-order valence-electron chi connectivity index (χ0n) is 13.7. The van der Waals surface area contributed by atoms with Gasteiger partial charge in [-0.2, -0.15) is 0 Å². The van der Waals surface area contributed by atoms with Gasteiger partial charge in [-0.25, -0.2) is 0 Å². The van der Waals surface area contributed by atoms with Crippen LogP contribution in [0.2, 0.25) is 0 Å². The molecule has 2 saturated carbocycles. The Morgan fingerprint density at radius 2 is 1.96 bits per heavy atom. The first-order valence-corrected chi connectivity index (χ1v) is 8.38. The summed E-state index contributed by atoms with van der Waals surface area (Å²) in [4.78, 5) is 12.5. The lowest BCUT2D eigenvalue weighted by atomic mass is 9.84. The normalized spacial score (nSPS) is 28.4. The Labute approximate surface area is 144 Å². The molecule has 3 N–H and O–H groups in total. The molecule has 1 aromatic carbocycles. The minimum absolute atomic E-state index is 0. The number of halogens is 1. The molecule has 0 spiro atoms. The molecule has 5 heteroatoms. The van der Waals surface area contributed by atoms with E-state index in [2.05, 4.69) is 17.4 Å². The second-order valence-corrected chi connectivity index (χ2v) is 6.56. The van der Waals surface area contributed by atoms with Gasteiger partial charge in [-0.15, -0.1) is 12.4 Å². The number of nitrogens with two attached hydrogens (primary N) is 1. The molecule has 2 aliphatic carbocycles. The average Bonchev–Trinajstić information content (AvgIpc) is 3.12. The molecule has 2 fully saturated rings. The van der Waals surface area contributed by atoms with Crippen molar-refractivity contribution in [2.45, 2.75) is 45.4 Å². The van der Waals surface area contributed by atoms with Crippen LogP contribution in [0.15, 0.2) is 24.3 Å². The van der Waals surface area contributed by atoms with Gasteiger partial charge in [0, 0.05) is 19.2 Å². The first kappa shape index (κ1) is 18.2. The standard InChI is InChI=1S/C18H26N2O2.ClH/c1-2-22-11-15-6-4-3-5-14(15)10-20-18(21)16-12-7-8-13(9-12)17(16)19;/h3-6,12-13,16-17H,2,7-11,19H2,1H3,(H,20,21);1H. The van der Waals surface area contributed by atoms with Crippen LogP contribution < -0.4 is 11.1 Å². The SMILES string of the molecule is CCOCc1ccccc1CNC(=O)C1C2CCC(C2)C1N.Cl. The zero-order chi connectivity index (χ0) is 15.5. The largest absolute Gasteiger partial charge is 0.377 e. The molecule has 128 valence electrons. The molecule has 2 aliphatic rings. The first-order valence-electron chi connectivity index (χ1n) is 8.38. The molecule has 4 nitrogen and oxygen atoms in total. The third-order valence-corrected chi connectivity index (χ3v) is 5.32. The third kappa shape index (κ3) is 3.87. The van der Waals surface area contributed by atoms with Gasteiger partial charge in [-0.1, -0.05) is 24.3 Å². The predicted octanol–water partition coefficient (Wildman–Crippen LogP) is 2.63. The highest BCUT2D eigenvalue weighted by molar-refractivity contribution is 5.85. The van der Waals surface area contributed by atoms with E-state index in [-0.39, 0.29) is 30.3 Å². The summed E-state index contributed by atoms with van der Waals surface area (Å²) in [7, 11) is 0. The molecule has 0 saturated heterocycles. The lowest BCUT2D eigenvalue weighted by molar-refractivity contribution is -0.127. The molecular weight excluding hydrogens is 312 g/mol. The Balaban J connectivity index is 0.00000192. The van der Waals surface area contributed by atoms with Gasteiger partial charge < -0.3 is 15.8 Å². The fourth-order valence-electron chi connectivity index (χ4n) is 4.11. The van der Waals surface area contributed by atoms with Crippen molar-refractivity contribution in [1.29, 1.82) is 0 Å². The van der Waals surface area contributed by atoms with E-state index in [0.717, 1.165) is 24.0 Å². The number of nitrogens with one attached hydrogen (secondary N) is 1. The first-order chi connectivity index (χ1) is 10.7. The molecule has 0 radical (unpaired) electrons. The summed E-state index contributed by atoms with van der Waals surface area (Å²) in [6.45, 7) is 3.83. The molecule has 0 aromatic heterocycles. The van der Waals surface area contributed by atoms with E-state index in [1.807, 2.05) is 19.1 Å². The quantitative estimate of drug-likeness (QED) is 0.838. The van der Waals surface area contributed by atoms with Crippen molar-refractivity contribution in [3.63, 3.8) is 0 Å². The lowest BCUT2D eigenvalue weighted by Gasteiger charge is -2.27. The van der Waals surface area contributed by atoms with Crippen LogP contribution >= 0.6 is 12.4 Å². The van der Waals surface area contributed by atoms with Crippen molar-refractivity contribution >= 4 is 18.3 Å². The summed E-state index contributed by atoms with van der Waals surface area (Å²) < 4.78 is 5.49. The van der Waals surface area contributed by atoms with E-state index in [0.29, 0.717) is 31.6 Å². The van der Waals surface area contributed by atoms with E-state index in [1.54, 1.807) is 0 Å². The molecular formula is C18H27ClN2O2. The molecule has 4 unspecified atom stereocenters. The summed E-state index contributed by atoms with van der Waals surface area (Å²) in [6, 6.07) is 8.17. The fraction of sp³-hybridized carbons (Fsp3) is 0.611. The Morgan fingerprint density at radius 3 is 2.61 bits per heavy atom. The summed E-state index contributed by atoms with van der Waals surface area (Å²) in [5, 5.41) is 3.10. The summed E-state index contributed by atoms with van der Waals surface area (Å²) in [5.41, 5.74) is 8.52. The lowest BCUT2D eigenvalue weighted by Crippen LogP contribution is -2.45. The van der Waals surface area contributed by atoms with Crippen LogP contribution in [0.1, 0.15) is 37.3 Å². The van der Waals surface area contributed by atoms with Gasteiger partial charge in [-0.3, -0.25) is 4.79 Å². The molecule has 4 atom stereocenters. The Hall–Kier alpha value is -1.10. The number of benzene rings is 1. The maximum atomic E-state index is 12.5. The average molecular weight is 339 g/mol. The van der Waals surface area contributed by atoms with Gasteiger partial charge >= 0.3 is 0 Å². The van der Waals surface area contributed by atoms with E-state index < -0.39 is 0 Å². The van der Waals surface area contributed by atoms with Gasteiger partial charge in [0.1, 0.15) is 0 Å². The number of hydrogen-bond acceptors (Lipinski definition) is 3. The topological polar surface area (TPSA) is 64.3 Å². The Kier molecular flexibility index (Phi) is 6.45. The van der Waals surface area contributed by atoms with Gasteiger partial charge in [0.2, 0.25) is 5.91 Å². The van der Waals surface area contributed by atoms with Gasteiger partial charge in [0.05, 0.1) is 12.5 Å². The molecule has 1 aromatic rings. The van der Waals surface area contributed by atoms with Gasteiger partial charge in [-0.05, 0) is 49.1 Å². The molecule has 23 heavy (non-hydrogen) atoms. The van der Waals surface area contributed by atoms with Crippen LogP contribution in [0.25, 0.3) is 0 Å². The maximum Gasteiger partial charge on any atom is 0.225 e. The van der Waals surface area contributed by atoms with Crippen molar-refractivity contribution < 1.29 is 9.53 Å². The number of ether oxygens (including phenoxy) is 1. The van der Waals surface area contributed by atoms with E-state index in [4.69, 9.17) is 10.5 Å². The minimum atomic E-state index is 0. The number of fused-ring (bicyclic) bond motifs is 2. The Bertz CT molecular complexity index is 536. The van der Waals surface area contributed by atoms with Gasteiger partial charge in [0.25, 0.3) is 0 Å². The highest BCUT2D eigenvalue weighted by atomic mass is 35.5. The summed E-state index contributed by atoms with van der Waals surface area (Å²) >= 11 is 0. The second kappa shape index (κ2) is 8.13. The monoisotopic (exact) mass is 338 g/mol. The number of hydrogen-bond donors (Lipinski definition) is 2. The highest BCUT2D eigenvalue weighted by Gasteiger charge is 2.48. The second-order valence-electron chi connectivity index (χ2n) is 6.56. The van der Waals surface area contributed by atoms with Crippen molar-refractivity contribution in [2.24, 2.45) is 23.5 Å². The molecule has 2 bridgehead atoms. The minimum Gasteiger partial charge on any atom is -0.377 e. The van der Waals surface area contributed by atoms with Crippen LogP contribution in [0.5, 0.6) is 0 Å². The summed E-state index contributed by atoms with van der Waals surface area (Å²) in [5.74, 6) is 1.20. The van der Waals surface area contributed by atoms with Crippen molar-refractivity contribution in [2.75, 3.05) is 6.61 Å². The van der Waals surface area contributed by atoms with Crippen molar-refractivity contribution in [3.05, 3.63) is 35.4 Å². The van der Waals surface area contributed by atoms with Crippen molar-refractivity contribution in [3.8, 4) is 0 Å². The number of carbonyl (C=O) groups excluding carboxylic acids is 1. The number of rotatable bonds is 6. The van der Waals surface area contributed by atoms with Crippen LogP contribution in [0.4, 0.5) is 0 Å². The van der Waals surface area contributed by atoms with E-state index in [9.17, 15) is 4.79 Å². The van der Waals surface area contributed by atoms with Crippen LogP contribution in [0, 0.1) is 17.8 Å². The van der Waals surface area contributed by atoms with Crippen LogP contribution in [0.3, 0.4) is 0 Å². The molecule has 0 heterocycles. The molecule has 3 rings (SSSR count). The van der Waals surface area contributed by atoms with Crippen LogP contribution in [-0.4, -0.2) is 18.6 Å². The predicted molar refractivity (Wildman–Crippen MR) is 93.2 cm³/mol. The molecule has 1 amide bonds. The third-order valence-electron chi connectivity index (χ3n) is 5.32. The number of amides is 1. The smallest absolute Gasteiger partial charge is 0.225 e. The molecule has 0 aliphatic heterocycles. The highest BCUT2D eigenvalue weighted by Crippen LogP contribution is 2.47. The van der Waals surface area contributed by atoms with E-state index >= 15 is 0 Å². The van der Waals surface area contributed by atoms with E-state index in [1.165, 1.54) is 6.42 Å². The van der Waals surface area contributed by atoms with Crippen molar-refractivity contribution in [1.82, 2.24) is 5.32 Å². The maximum absolute atomic E-state index is 12.5.